The highest BCUT2D eigenvalue weighted by molar-refractivity contribution is 8.18. The first-order valence-corrected chi connectivity index (χ1v) is 13.5. The van der Waals surface area contributed by atoms with Gasteiger partial charge >= 0.3 is 0 Å². The number of aryl methyl sites for hydroxylation is 1. The topological polar surface area (TPSA) is 85.5 Å². The minimum absolute atomic E-state index is 0.0545. The lowest BCUT2D eigenvalue weighted by Gasteiger charge is -2.12. The average molecular weight is 560 g/mol. The van der Waals surface area contributed by atoms with Gasteiger partial charge in [-0.05, 0) is 85.8 Å². The normalized spacial score (nSPS) is 14.4. The SMILES string of the molecule is Cc1cc(/C=C2\SC(=O)N(Cc3ccccc3F)C2=O)c(C)n1-c1ccc(Sc2ccc([N+](=O)[O-])cc2)cc1. The van der Waals surface area contributed by atoms with Crippen molar-refractivity contribution in [2.75, 3.05) is 0 Å². The molecule has 39 heavy (non-hydrogen) atoms. The van der Waals surface area contributed by atoms with Crippen molar-refractivity contribution in [1.29, 1.82) is 0 Å². The maximum Gasteiger partial charge on any atom is 0.293 e. The number of nitro benzene ring substituents is 1. The van der Waals surface area contributed by atoms with E-state index in [1.807, 2.05) is 44.2 Å². The van der Waals surface area contributed by atoms with Crippen LogP contribution in [-0.2, 0) is 11.3 Å². The molecule has 0 saturated carbocycles. The van der Waals surface area contributed by atoms with E-state index >= 15 is 0 Å². The number of aromatic nitrogens is 1. The van der Waals surface area contributed by atoms with Crippen LogP contribution in [0.2, 0.25) is 0 Å². The van der Waals surface area contributed by atoms with Crippen LogP contribution < -0.4 is 0 Å². The molecule has 0 N–H and O–H groups in total. The van der Waals surface area contributed by atoms with Gasteiger partial charge in [-0.1, -0.05) is 30.0 Å². The largest absolute Gasteiger partial charge is 0.318 e. The Morgan fingerprint density at radius 2 is 1.62 bits per heavy atom. The van der Waals surface area contributed by atoms with Crippen molar-refractivity contribution >= 4 is 46.4 Å². The quantitative estimate of drug-likeness (QED) is 0.132. The number of carbonyl (C=O) groups excluding carboxylic acids is 2. The number of non-ortho nitro benzene ring substituents is 1. The summed E-state index contributed by atoms with van der Waals surface area (Å²) in [6.07, 6.45) is 1.71. The molecule has 0 unspecified atom stereocenters. The second-order valence-corrected chi connectivity index (χ2v) is 11.0. The Morgan fingerprint density at radius 1 is 0.974 bits per heavy atom. The van der Waals surface area contributed by atoms with Gasteiger partial charge in [0.05, 0.1) is 16.4 Å². The van der Waals surface area contributed by atoms with Crippen LogP contribution in [0.3, 0.4) is 0 Å². The summed E-state index contributed by atoms with van der Waals surface area (Å²) in [5.74, 6) is -0.896. The Hall–Kier alpha value is -4.15. The van der Waals surface area contributed by atoms with Crippen LogP contribution in [0.5, 0.6) is 0 Å². The highest BCUT2D eigenvalue weighted by Crippen LogP contribution is 2.35. The first kappa shape index (κ1) is 26.5. The van der Waals surface area contributed by atoms with E-state index in [9.17, 15) is 24.1 Å². The Bertz CT molecular complexity index is 1630. The van der Waals surface area contributed by atoms with E-state index in [1.165, 1.54) is 30.0 Å². The summed E-state index contributed by atoms with van der Waals surface area (Å²) in [5, 5.41) is 10.4. The van der Waals surface area contributed by atoms with E-state index < -0.39 is 21.9 Å². The van der Waals surface area contributed by atoms with Crippen molar-refractivity contribution < 1.29 is 18.9 Å². The van der Waals surface area contributed by atoms with Crippen LogP contribution in [0.25, 0.3) is 11.8 Å². The summed E-state index contributed by atoms with van der Waals surface area (Å²) in [5.41, 5.74) is 3.95. The number of hydrogen-bond donors (Lipinski definition) is 0. The van der Waals surface area contributed by atoms with Gasteiger partial charge in [0.2, 0.25) is 0 Å². The van der Waals surface area contributed by atoms with Gasteiger partial charge in [-0.3, -0.25) is 24.6 Å². The molecule has 3 aromatic carbocycles. The van der Waals surface area contributed by atoms with Crippen molar-refractivity contribution in [3.05, 3.63) is 122 Å². The molecule has 5 rings (SSSR count). The number of carbonyl (C=O) groups is 2. The summed E-state index contributed by atoms with van der Waals surface area (Å²) in [7, 11) is 0. The molecular weight excluding hydrogens is 537 g/mol. The summed E-state index contributed by atoms with van der Waals surface area (Å²) >= 11 is 2.36. The highest BCUT2D eigenvalue weighted by atomic mass is 32.2. The van der Waals surface area contributed by atoms with Gasteiger partial charge in [0.1, 0.15) is 5.82 Å². The minimum Gasteiger partial charge on any atom is -0.318 e. The van der Waals surface area contributed by atoms with Crippen molar-refractivity contribution in [2.45, 2.75) is 30.2 Å². The zero-order valence-electron chi connectivity index (χ0n) is 21.0. The zero-order chi connectivity index (χ0) is 27.7. The molecule has 0 radical (unpaired) electrons. The number of thioether (sulfide) groups is 1. The minimum atomic E-state index is -0.457. The first-order chi connectivity index (χ1) is 18.7. The smallest absolute Gasteiger partial charge is 0.293 e. The Balaban J connectivity index is 1.34. The van der Waals surface area contributed by atoms with Crippen LogP contribution in [-0.4, -0.2) is 25.5 Å². The number of hydrogen-bond acceptors (Lipinski definition) is 6. The number of amides is 2. The third-order valence-corrected chi connectivity index (χ3v) is 8.22. The summed E-state index contributed by atoms with van der Waals surface area (Å²) in [4.78, 5) is 39.2. The number of halogens is 1. The average Bonchev–Trinajstić information content (AvgIpc) is 3.34. The maximum absolute atomic E-state index is 14.1. The lowest BCUT2D eigenvalue weighted by atomic mass is 10.2. The molecule has 0 aliphatic carbocycles. The Kier molecular flexibility index (Phi) is 7.40. The second-order valence-electron chi connectivity index (χ2n) is 8.87. The van der Waals surface area contributed by atoms with Gasteiger partial charge in [0.25, 0.3) is 16.8 Å². The number of nitrogens with zero attached hydrogens (tertiary/aromatic N) is 3. The lowest BCUT2D eigenvalue weighted by Crippen LogP contribution is -2.27. The van der Waals surface area contributed by atoms with Gasteiger partial charge in [0.15, 0.2) is 0 Å². The number of rotatable bonds is 7. The van der Waals surface area contributed by atoms with Gasteiger partial charge in [-0.2, -0.15) is 0 Å². The van der Waals surface area contributed by atoms with Gasteiger partial charge in [-0.15, -0.1) is 0 Å². The third kappa shape index (κ3) is 5.52. The molecule has 1 aliphatic rings. The van der Waals surface area contributed by atoms with Crippen molar-refractivity contribution in [3.63, 3.8) is 0 Å². The highest BCUT2D eigenvalue weighted by Gasteiger charge is 2.35. The van der Waals surface area contributed by atoms with E-state index in [1.54, 1.807) is 36.4 Å². The van der Waals surface area contributed by atoms with Gasteiger partial charge in [-0.25, -0.2) is 4.39 Å². The monoisotopic (exact) mass is 559 g/mol. The molecule has 2 amide bonds. The standard InChI is InChI=1S/C29H22FN3O4S2/c1-18-15-21(16-27-28(34)31(29(35)39-27)17-20-5-3-4-6-26(20)30)19(2)32(18)22-7-11-24(12-8-22)38-25-13-9-23(10-14-25)33(36)37/h3-16H,17H2,1-2H3/b27-16-. The second kappa shape index (κ2) is 10.9. The van der Waals surface area contributed by atoms with Crippen molar-refractivity contribution in [2.24, 2.45) is 0 Å². The van der Waals surface area contributed by atoms with Crippen LogP contribution in [0.4, 0.5) is 14.9 Å². The summed E-state index contributed by atoms with van der Waals surface area (Å²) in [6.45, 7) is 3.80. The molecule has 0 atom stereocenters. The van der Waals surface area contributed by atoms with E-state index in [2.05, 4.69) is 4.57 Å². The third-order valence-electron chi connectivity index (χ3n) is 6.29. The molecule has 10 heteroatoms. The van der Waals surface area contributed by atoms with E-state index in [4.69, 9.17) is 0 Å². The molecule has 1 fully saturated rings. The van der Waals surface area contributed by atoms with E-state index in [-0.39, 0.29) is 17.8 Å². The number of benzene rings is 3. The van der Waals surface area contributed by atoms with E-state index in [0.717, 1.165) is 49.1 Å². The molecule has 0 spiro atoms. The van der Waals surface area contributed by atoms with Crippen LogP contribution in [0.1, 0.15) is 22.5 Å². The molecule has 1 aliphatic heterocycles. The Labute approximate surface area is 232 Å². The lowest BCUT2D eigenvalue weighted by molar-refractivity contribution is -0.384. The predicted molar refractivity (Wildman–Crippen MR) is 150 cm³/mol. The molecule has 2 heterocycles. The summed E-state index contributed by atoms with van der Waals surface area (Å²) < 4.78 is 16.1. The van der Waals surface area contributed by atoms with E-state index in [0.29, 0.717) is 4.91 Å². The molecule has 7 nitrogen and oxygen atoms in total. The Morgan fingerprint density at radius 3 is 2.26 bits per heavy atom. The molecule has 0 bridgehead atoms. The fraction of sp³-hybridized carbons (Fsp3) is 0.103. The van der Waals surface area contributed by atoms with Gasteiger partial charge < -0.3 is 4.57 Å². The molecule has 196 valence electrons. The van der Waals surface area contributed by atoms with Crippen molar-refractivity contribution in [1.82, 2.24) is 9.47 Å². The zero-order valence-corrected chi connectivity index (χ0v) is 22.6. The van der Waals surface area contributed by atoms with Gasteiger partial charge in [0, 0.05) is 44.6 Å². The number of nitro groups is 1. The fourth-order valence-electron chi connectivity index (χ4n) is 4.34. The molecule has 1 aromatic heterocycles. The number of imide groups is 1. The fourth-order valence-corrected chi connectivity index (χ4v) is 5.99. The first-order valence-electron chi connectivity index (χ1n) is 11.9. The van der Waals surface area contributed by atoms with Crippen LogP contribution in [0.15, 0.2) is 93.6 Å². The predicted octanol–water partition coefficient (Wildman–Crippen LogP) is 7.53. The van der Waals surface area contributed by atoms with Crippen LogP contribution in [0, 0.1) is 29.8 Å². The molecular formula is C29H22FN3O4S2. The summed E-state index contributed by atoms with van der Waals surface area (Å²) in [6, 6.07) is 22.4. The molecule has 1 saturated heterocycles. The molecule has 4 aromatic rings. The maximum atomic E-state index is 14.1. The van der Waals surface area contributed by atoms with Crippen LogP contribution >= 0.6 is 23.5 Å². The van der Waals surface area contributed by atoms with Crippen molar-refractivity contribution in [3.8, 4) is 5.69 Å².